The zero-order chi connectivity index (χ0) is 17.1. The molecule has 0 unspecified atom stereocenters. The first-order valence-electron chi connectivity index (χ1n) is 8.11. The number of rotatable bonds is 4. The number of hydrogen-bond acceptors (Lipinski definition) is 3. The number of fused-ring (bicyclic) bond motifs is 1. The van der Waals surface area contributed by atoms with E-state index in [0.29, 0.717) is 0 Å². The fraction of sp³-hybridized carbons (Fsp3) is 0.0455. The van der Waals surface area contributed by atoms with Gasteiger partial charge in [0.05, 0.1) is 17.3 Å². The second kappa shape index (κ2) is 6.91. The maximum Gasteiger partial charge on any atom is 0.126 e. The molecule has 1 heterocycles. The minimum atomic E-state index is 0.851. The Morgan fingerprint density at radius 1 is 0.840 bits per heavy atom. The topological polar surface area (TPSA) is 22.1 Å². The van der Waals surface area contributed by atoms with Crippen LogP contribution in [-0.4, -0.2) is 12.1 Å². The van der Waals surface area contributed by atoms with E-state index < -0.39 is 0 Å². The van der Waals surface area contributed by atoms with E-state index in [0.717, 1.165) is 33.0 Å². The Hall–Kier alpha value is -2.91. The quantitative estimate of drug-likeness (QED) is 0.415. The van der Waals surface area contributed by atoms with Crippen molar-refractivity contribution in [3.8, 4) is 16.3 Å². The number of ether oxygens (including phenoxy) is 1. The standard InChI is InChI=1S/C22H17NOS/c1-24-20-12-7-10-18(17(20)15-14-16-8-3-2-4-9-16)22-23-19-11-5-6-13-21(19)25-22/h2-15H,1H3. The van der Waals surface area contributed by atoms with E-state index in [2.05, 4.69) is 42.5 Å². The van der Waals surface area contributed by atoms with E-state index in [1.165, 1.54) is 4.70 Å². The van der Waals surface area contributed by atoms with E-state index in [-0.39, 0.29) is 0 Å². The lowest BCUT2D eigenvalue weighted by molar-refractivity contribution is 0.414. The van der Waals surface area contributed by atoms with Crippen molar-refractivity contribution in [2.24, 2.45) is 0 Å². The van der Waals surface area contributed by atoms with Crippen LogP contribution < -0.4 is 4.74 Å². The molecule has 1 aromatic heterocycles. The van der Waals surface area contributed by atoms with Crippen LogP contribution in [-0.2, 0) is 0 Å². The zero-order valence-corrected chi connectivity index (χ0v) is 14.7. The fourth-order valence-electron chi connectivity index (χ4n) is 2.81. The lowest BCUT2D eigenvalue weighted by Crippen LogP contribution is -1.90. The summed E-state index contributed by atoms with van der Waals surface area (Å²) in [4.78, 5) is 4.80. The molecule has 3 heteroatoms. The van der Waals surface area contributed by atoms with E-state index in [1.807, 2.05) is 42.5 Å². The second-order valence-electron chi connectivity index (χ2n) is 5.65. The van der Waals surface area contributed by atoms with Gasteiger partial charge in [0.15, 0.2) is 0 Å². The van der Waals surface area contributed by atoms with Gasteiger partial charge in [-0.3, -0.25) is 0 Å². The summed E-state index contributed by atoms with van der Waals surface area (Å²) in [7, 11) is 1.71. The molecule has 0 spiro atoms. The molecular formula is C22H17NOS. The van der Waals surface area contributed by atoms with Gasteiger partial charge in [0.2, 0.25) is 0 Å². The van der Waals surface area contributed by atoms with Gasteiger partial charge in [0.25, 0.3) is 0 Å². The fourth-order valence-corrected chi connectivity index (χ4v) is 3.82. The van der Waals surface area contributed by atoms with Gasteiger partial charge in [-0.2, -0.15) is 0 Å². The van der Waals surface area contributed by atoms with Crippen molar-refractivity contribution in [2.45, 2.75) is 0 Å². The smallest absolute Gasteiger partial charge is 0.126 e. The summed E-state index contributed by atoms with van der Waals surface area (Å²) in [5.41, 5.74) is 4.33. The van der Waals surface area contributed by atoms with Gasteiger partial charge < -0.3 is 4.74 Å². The summed E-state index contributed by atoms with van der Waals surface area (Å²) in [6.07, 6.45) is 4.21. The third kappa shape index (κ3) is 3.19. The number of para-hydroxylation sites is 1. The number of benzene rings is 3. The van der Waals surface area contributed by atoms with Crippen LogP contribution in [0.2, 0.25) is 0 Å². The van der Waals surface area contributed by atoms with Crippen LogP contribution in [0.25, 0.3) is 32.9 Å². The van der Waals surface area contributed by atoms with Crippen LogP contribution in [0, 0.1) is 0 Å². The molecule has 4 rings (SSSR count). The highest BCUT2D eigenvalue weighted by molar-refractivity contribution is 7.21. The Labute approximate surface area is 151 Å². The molecular weight excluding hydrogens is 326 g/mol. The van der Waals surface area contributed by atoms with Gasteiger partial charge in [-0.05, 0) is 29.8 Å². The van der Waals surface area contributed by atoms with Crippen molar-refractivity contribution in [1.29, 1.82) is 0 Å². The minimum absolute atomic E-state index is 0.851. The molecule has 0 saturated carbocycles. The van der Waals surface area contributed by atoms with E-state index >= 15 is 0 Å². The largest absolute Gasteiger partial charge is 0.496 e. The molecule has 0 amide bonds. The molecule has 0 atom stereocenters. The number of methoxy groups -OCH3 is 1. The second-order valence-corrected chi connectivity index (χ2v) is 6.68. The molecule has 0 aliphatic rings. The number of nitrogens with zero attached hydrogens (tertiary/aromatic N) is 1. The Kier molecular flexibility index (Phi) is 4.32. The predicted octanol–water partition coefficient (Wildman–Crippen LogP) is 6.14. The van der Waals surface area contributed by atoms with Gasteiger partial charge >= 0.3 is 0 Å². The first-order valence-corrected chi connectivity index (χ1v) is 8.93. The van der Waals surface area contributed by atoms with Crippen molar-refractivity contribution in [3.63, 3.8) is 0 Å². The van der Waals surface area contributed by atoms with Crippen LogP contribution in [0.5, 0.6) is 5.75 Å². The molecule has 0 aliphatic carbocycles. The van der Waals surface area contributed by atoms with E-state index in [9.17, 15) is 0 Å². The summed E-state index contributed by atoms with van der Waals surface area (Å²) < 4.78 is 6.79. The number of aromatic nitrogens is 1. The Morgan fingerprint density at radius 2 is 1.64 bits per heavy atom. The van der Waals surface area contributed by atoms with Gasteiger partial charge in [0, 0.05) is 11.1 Å². The lowest BCUT2D eigenvalue weighted by atomic mass is 10.0. The summed E-state index contributed by atoms with van der Waals surface area (Å²) >= 11 is 1.70. The molecule has 2 nitrogen and oxygen atoms in total. The summed E-state index contributed by atoms with van der Waals surface area (Å²) in [6.45, 7) is 0. The third-order valence-electron chi connectivity index (χ3n) is 4.05. The average Bonchev–Trinajstić information content (AvgIpc) is 3.11. The van der Waals surface area contributed by atoms with Crippen molar-refractivity contribution >= 4 is 33.7 Å². The highest BCUT2D eigenvalue weighted by Gasteiger charge is 2.12. The van der Waals surface area contributed by atoms with Crippen LogP contribution in [0.4, 0.5) is 0 Å². The zero-order valence-electron chi connectivity index (χ0n) is 13.8. The summed E-state index contributed by atoms with van der Waals surface area (Å²) in [6, 6.07) is 24.6. The molecule has 0 radical (unpaired) electrons. The van der Waals surface area contributed by atoms with Gasteiger partial charge in [-0.25, -0.2) is 4.98 Å². The Balaban J connectivity index is 1.83. The van der Waals surface area contributed by atoms with Gasteiger partial charge in [-0.15, -0.1) is 11.3 Å². The molecule has 3 aromatic carbocycles. The first kappa shape index (κ1) is 15.6. The molecule has 0 N–H and O–H groups in total. The van der Waals surface area contributed by atoms with Crippen molar-refractivity contribution in [1.82, 2.24) is 4.98 Å². The number of thiazole rings is 1. The summed E-state index contributed by atoms with van der Waals surface area (Å²) in [5.74, 6) is 0.851. The van der Waals surface area contributed by atoms with Crippen LogP contribution in [0.1, 0.15) is 11.1 Å². The van der Waals surface area contributed by atoms with Crippen LogP contribution in [0.3, 0.4) is 0 Å². The van der Waals surface area contributed by atoms with Crippen LogP contribution in [0.15, 0.2) is 72.8 Å². The van der Waals surface area contributed by atoms with E-state index in [1.54, 1.807) is 18.4 Å². The van der Waals surface area contributed by atoms with E-state index in [4.69, 9.17) is 9.72 Å². The molecule has 0 bridgehead atoms. The monoisotopic (exact) mass is 343 g/mol. The SMILES string of the molecule is COc1cccc(-c2nc3ccccc3s2)c1C=Cc1ccccc1. The molecule has 0 aliphatic heterocycles. The Bertz CT molecular complexity index is 1000. The van der Waals surface area contributed by atoms with Gasteiger partial charge in [-0.1, -0.05) is 60.7 Å². The average molecular weight is 343 g/mol. The van der Waals surface area contributed by atoms with Crippen LogP contribution >= 0.6 is 11.3 Å². The molecule has 25 heavy (non-hydrogen) atoms. The number of hydrogen-bond donors (Lipinski definition) is 0. The maximum atomic E-state index is 5.60. The Morgan fingerprint density at radius 3 is 2.44 bits per heavy atom. The highest BCUT2D eigenvalue weighted by atomic mass is 32.1. The maximum absolute atomic E-state index is 5.60. The van der Waals surface area contributed by atoms with Crippen molar-refractivity contribution in [2.75, 3.05) is 7.11 Å². The third-order valence-corrected chi connectivity index (χ3v) is 5.12. The van der Waals surface area contributed by atoms with Gasteiger partial charge in [0.1, 0.15) is 10.8 Å². The molecule has 122 valence electrons. The first-order chi connectivity index (χ1) is 12.3. The molecule has 0 fully saturated rings. The predicted molar refractivity (Wildman–Crippen MR) is 107 cm³/mol. The summed E-state index contributed by atoms with van der Waals surface area (Å²) in [5, 5.41) is 1.01. The van der Waals surface area contributed by atoms with Crippen molar-refractivity contribution in [3.05, 3.63) is 83.9 Å². The highest BCUT2D eigenvalue weighted by Crippen LogP contribution is 2.36. The van der Waals surface area contributed by atoms with Crippen molar-refractivity contribution < 1.29 is 4.74 Å². The minimum Gasteiger partial charge on any atom is -0.496 e. The molecule has 4 aromatic rings. The lowest BCUT2D eigenvalue weighted by Gasteiger charge is -2.09. The normalized spacial score (nSPS) is 11.2. The molecule has 0 saturated heterocycles.